The molecule has 0 aromatic carbocycles. The lowest BCUT2D eigenvalue weighted by atomic mass is 10.1. The molecule has 1 unspecified atom stereocenters. The summed E-state index contributed by atoms with van der Waals surface area (Å²) in [7, 11) is 1.97. The normalized spacial score (nSPS) is 12.9. The van der Waals surface area contributed by atoms with Crippen LogP contribution in [0.5, 0.6) is 0 Å². The molecule has 0 saturated carbocycles. The maximum Gasteiger partial charge on any atom is 0.121 e. The van der Waals surface area contributed by atoms with Gasteiger partial charge < -0.3 is 9.73 Å². The Bertz CT molecular complexity index is 477. The van der Waals surface area contributed by atoms with Gasteiger partial charge in [-0.3, -0.25) is 0 Å². The smallest absolute Gasteiger partial charge is 0.121 e. The molecule has 0 aliphatic rings. The van der Waals surface area contributed by atoms with Gasteiger partial charge in [0.2, 0.25) is 0 Å². The van der Waals surface area contributed by atoms with Crippen molar-refractivity contribution in [3.8, 4) is 0 Å². The molecule has 17 heavy (non-hydrogen) atoms. The maximum absolute atomic E-state index is 5.80. The molecule has 0 spiro atoms. The quantitative estimate of drug-likeness (QED) is 0.896. The van der Waals surface area contributed by atoms with E-state index in [1.807, 2.05) is 7.05 Å². The second kappa shape index (κ2) is 5.85. The minimum Gasteiger partial charge on any atom is -0.464 e. The Kier molecular flexibility index (Phi) is 4.42. The van der Waals surface area contributed by atoms with Gasteiger partial charge in [-0.1, -0.05) is 6.92 Å². The molecule has 2 aromatic rings. The number of rotatable bonds is 5. The van der Waals surface area contributed by atoms with E-state index in [4.69, 9.17) is 4.42 Å². The number of likely N-dealkylation sites (N-methyl/N-ethyl adjacent to an activating group) is 1. The van der Waals surface area contributed by atoms with Gasteiger partial charge in [0.05, 0.1) is 6.04 Å². The number of thiophene rings is 1. The van der Waals surface area contributed by atoms with E-state index in [0.717, 1.165) is 28.8 Å². The standard InChI is InChI=1S/C13H16BrNOS/c1-3-10-4-5-13(16-10)12(15-2)7-11-6-9(14)8-17-11/h4-6,8,12,15H,3,7H2,1-2H3. The van der Waals surface area contributed by atoms with Gasteiger partial charge in [-0.25, -0.2) is 0 Å². The summed E-state index contributed by atoms with van der Waals surface area (Å²) < 4.78 is 6.95. The first-order valence-electron chi connectivity index (χ1n) is 5.71. The van der Waals surface area contributed by atoms with Gasteiger partial charge in [-0.2, -0.15) is 0 Å². The van der Waals surface area contributed by atoms with E-state index in [9.17, 15) is 0 Å². The Hall–Kier alpha value is -0.580. The molecular weight excluding hydrogens is 298 g/mol. The third-order valence-electron chi connectivity index (χ3n) is 2.75. The largest absolute Gasteiger partial charge is 0.464 e. The summed E-state index contributed by atoms with van der Waals surface area (Å²) in [5.41, 5.74) is 0. The van der Waals surface area contributed by atoms with Gasteiger partial charge >= 0.3 is 0 Å². The van der Waals surface area contributed by atoms with Crippen molar-refractivity contribution in [1.82, 2.24) is 5.32 Å². The molecule has 2 heterocycles. The molecule has 0 bridgehead atoms. The third-order valence-corrected chi connectivity index (χ3v) is 4.47. The number of hydrogen-bond donors (Lipinski definition) is 1. The summed E-state index contributed by atoms with van der Waals surface area (Å²) in [6.07, 6.45) is 1.91. The van der Waals surface area contributed by atoms with E-state index in [1.165, 1.54) is 4.88 Å². The highest BCUT2D eigenvalue weighted by Crippen LogP contribution is 2.26. The highest BCUT2D eigenvalue weighted by molar-refractivity contribution is 9.10. The summed E-state index contributed by atoms with van der Waals surface area (Å²) in [4.78, 5) is 1.35. The predicted molar refractivity (Wildman–Crippen MR) is 75.6 cm³/mol. The van der Waals surface area contributed by atoms with Crippen molar-refractivity contribution < 1.29 is 4.42 Å². The molecule has 4 heteroatoms. The van der Waals surface area contributed by atoms with Crippen LogP contribution < -0.4 is 5.32 Å². The lowest BCUT2D eigenvalue weighted by Crippen LogP contribution is -2.17. The van der Waals surface area contributed by atoms with Crippen LogP contribution in [-0.2, 0) is 12.8 Å². The number of furan rings is 1. The van der Waals surface area contributed by atoms with Gasteiger partial charge in [0.15, 0.2) is 0 Å². The fourth-order valence-electron chi connectivity index (χ4n) is 1.78. The molecule has 92 valence electrons. The fraction of sp³-hybridized carbons (Fsp3) is 0.385. The Morgan fingerprint density at radius 3 is 2.82 bits per heavy atom. The Morgan fingerprint density at radius 1 is 1.47 bits per heavy atom. The molecule has 0 amide bonds. The second-order valence-corrected chi connectivity index (χ2v) is 5.85. The highest BCUT2D eigenvalue weighted by atomic mass is 79.9. The summed E-state index contributed by atoms with van der Waals surface area (Å²) >= 11 is 5.25. The average molecular weight is 314 g/mol. The van der Waals surface area contributed by atoms with Crippen molar-refractivity contribution in [2.45, 2.75) is 25.8 Å². The van der Waals surface area contributed by atoms with Gasteiger partial charge in [-0.05, 0) is 41.2 Å². The number of aryl methyl sites for hydroxylation is 1. The zero-order chi connectivity index (χ0) is 12.3. The minimum absolute atomic E-state index is 0.251. The number of halogens is 1. The van der Waals surface area contributed by atoms with E-state index >= 15 is 0 Å². The molecule has 1 N–H and O–H groups in total. The molecule has 2 aromatic heterocycles. The lowest BCUT2D eigenvalue weighted by Gasteiger charge is -2.12. The van der Waals surface area contributed by atoms with Crippen molar-refractivity contribution in [3.05, 3.63) is 44.4 Å². The van der Waals surface area contributed by atoms with E-state index in [0.29, 0.717) is 0 Å². The Morgan fingerprint density at radius 2 is 2.29 bits per heavy atom. The molecule has 0 fully saturated rings. The molecule has 2 nitrogen and oxygen atoms in total. The van der Waals surface area contributed by atoms with Crippen LogP contribution in [0.3, 0.4) is 0 Å². The summed E-state index contributed by atoms with van der Waals surface area (Å²) in [6, 6.07) is 6.55. The van der Waals surface area contributed by atoms with E-state index in [1.54, 1.807) is 11.3 Å². The second-order valence-electron chi connectivity index (χ2n) is 3.93. The first-order chi connectivity index (χ1) is 8.22. The highest BCUT2D eigenvalue weighted by Gasteiger charge is 2.15. The maximum atomic E-state index is 5.80. The van der Waals surface area contributed by atoms with Crippen LogP contribution in [0.25, 0.3) is 0 Å². The first-order valence-corrected chi connectivity index (χ1v) is 7.39. The summed E-state index contributed by atoms with van der Waals surface area (Å²) in [5.74, 6) is 2.07. The van der Waals surface area contributed by atoms with E-state index in [2.05, 4.69) is 51.7 Å². The van der Waals surface area contributed by atoms with Gasteiger partial charge in [-0.15, -0.1) is 11.3 Å². The monoisotopic (exact) mass is 313 g/mol. The molecule has 2 rings (SSSR count). The van der Waals surface area contributed by atoms with Crippen molar-refractivity contribution in [2.24, 2.45) is 0 Å². The van der Waals surface area contributed by atoms with Crippen LogP contribution in [0.4, 0.5) is 0 Å². The molecule has 0 aliphatic carbocycles. The van der Waals surface area contributed by atoms with Crippen LogP contribution in [0.2, 0.25) is 0 Å². The topological polar surface area (TPSA) is 25.2 Å². The van der Waals surface area contributed by atoms with Crippen LogP contribution in [-0.4, -0.2) is 7.05 Å². The summed E-state index contributed by atoms with van der Waals surface area (Å²) in [6.45, 7) is 2.10. The van der Waals surface area contributed by atoms with Crippen molar-refractivity contribution in [3.63, 3.8) is 0 Å². The number of hydrogen-bond acceptors (Lipinski definition) is 3. The van der Waals surface area contributed by atoms with Crippen LogP contribution in [0.1, 0.15) is 29.4 Å². The lowest BCUT2D eigenvalue weighted by molar-refractivity contribution is 0.408. The Balaban J connectivity index is 2.10. The van der Waals surface area contributed by atoms with Crippen molar-refractivity contribution in [2.75, 3.05) is 7.05 Å². The fourth-order valence-corrected chi connectivity index (χ4v) is 3.28. The molecule has 1 atom stereocenters. The average Bonchev–Trinajstić information content (AvgIpc) is 2.94. The first kappa shape index (κ1) is 12.9. The zero-order valence-corrected chi connectivity index (χ0v) is 12.4. The molecule has 0 saturated heterocycles. The zero-order valence-electron chi connectivity index (χ0n) is 10.00. The van der Waals surface area contributed by atoms with Crippen LogP contribution >= 0.6 is 27.3 Å². The molecule has 0 radical (unpaired) electrons. The van der Waals surface area contributed by atoms with Crippen molar-refractivity contribution in [1.29, 1.82) is 0 Å². The number of nitrogens with one attached hydrogen (secondary N) is 1. The predicted octanol–water partition coefficient (Wildman–Crippen LogP) is 4.17. The van der Waals surface area contributed by atoms with Crippen molar-refractivity contribution >= 4 is 27.3 Å². The summed E-state index contributed by atoms with van der Waals surface area (Å²) in [5, 5.41) is 5.42. The molecule has 0 aliphatic heterocycles. The SMILES string of the molecule is CCc1ccc(C(Cc2cc(Br)cs2)NC)o1. The third kappa shape index (κ3) is 3.21. The Labute approximate surface area is 114 Å². The van der Waals surface area contributed by atoms with Gasteiger partial charge in [0.25, 0.3) is 0 Å². The van der Waals surface area contributed by atoms with E-state index in [-0.39, 0.29) is 6.04 Å². The van der Waals surface area contributed by atoms with Gasteiger partial charge in [0.1, 0.15) is 11.5 Å². The van der Waals surface area contributed by atoms with Crippen LogP contribution in [0, 0.1) is 0 Å². The van der Waals surface area contributed by atoms with E-state index < -0.39 is 0 Å². The van der Waals surface area contributed by atoms with Gasteiger partial charge in [0, 0.05) is 27.6 Å². The van der Waals surface area contributed by atoms with Crippen LogP contribution in [0.15, 0.2) is 32.5 Å². The molecular formula is C13H16BrNOS. The minimum atomic E-state index is 0.251.